The summed E-state index contributed by atoms with van der Waals surface area (Å²) in [6.45, 7) is 16.3. The van der Waals surface area contributed by atoms with Crippen LogP contribution in [0.15, 0.2) is 0 Å². The quantitative estimate of drug-likeness (QED) is 0.744. The van der Waals surface area contributed by atoms with Crippen LogP contribution in [-0.2, 0) is 0 Å². The van der Waals surface area contributed by atoms with Crippen LogP contribution in [0, 0.1) is 5.92 Å². The van der Waals surface area contributed by atoms with Crippen molar-refractivity contribution in [1.82, 2.24) is 20.9 Å². The summed E-state index contributed by atoms with van der Waals surface area (Å²) in [4.78, 5) is 14.4. The zero-order valence-corrected chi connectivity index (χ0v) is 15.8. The zero-order chi connectivity index (χ0) is 17.3. The number of hydrogen-bond acceptors (Lipinski definition) is 3. The van der Waals surface area contributed by atoms with Crippen molar-refractivity contribution in [1.29, 1.82) is 0 Å². The minimum atomic E-state index is -0.0393. The van der Waals surface area contributed by atoms with Gasteiger partial charge in [-0.2, -0.15) is 0 Å². The lowest BCUT2D eigenvalue weighted by Gasteiger charge is -2.49. The van der Waals surface area contributed by atoms with Crippen molar-refractivity contribution in [2.24, 2.45) is 5.92 Å². The van der Waals surface area contributed by atoms with Crippen LogP contribution in [0.3, 0.4) is 0 Å². The summed E-state index contributed by atoms with van der Waals surface area (Å²) in [5, 5.41) is 9.68. The van der Waals surface area contributed by atoms with Crippen LogP contribution in [0.1, 0.15) is 60.8 Å². The number of carbonyl (C=O) groups is 1. The Morgan fingerprint density at radius 1 is 1.22 bits per heavy atom. The normalized spacial score (nSPS) is 28.0. The van der Waals surface area contributed by atoms with Crippen LogP contribution in [-0.4, -0.2) is 53.7 Å². The van der Waals surface area contributed by atoms with Crippen LogP contribution in [0.25, 0.3) is 0 Å². The van der Waals surface area contributed by atoms with Crippen LogP contribution in [0.5, 0.6) is 0 Å². The summed E-state index contributed by atoms with van der Waals surface area (Å²) in [6.07, 6.45) is 3.58. The molecule has 2 saturated heterocycles. The summed E-state index contributed by atoms with van der Waals surface area (Å²) in [7, 11) is 0. The van der Waals surface area contributed by atoms with Gasteiger partial charge < -0.3 is 16.0 Å². The van der Waals surface area contributed by atoms with E-state index in [1.165, 1.54) is 19.3 Å². The molecule has 2 fully saturated rings. The first-order valence-corrected chi connectivity index (χ1v) is 9.14. The van der Waals surface area contributed by atoms with Crippen LogP contribution >= 0.6 is 0 Å². The standard InChI is InChI=1S/C18H36N4O/c1-13(2)20-16(23)19-11-14-7-8-22(12-14)15-9-17(3,4)21-18(5,6)10-15/h13-15,21H,7-12H2,1-6H3,(H2,19,20,23)/t14-/m0/s1. The second kappa shape index (κ2) is 6.98. The molecule has 2 aliphatic rings. The van der Waals surface area contributed by atoms with Gasteiger partial charge >= 0.3 is 6.03 Å². The van der Waals surface area contributed by atoms with Gasteiger partial charge in [-0.1, -0.05) is 0 Å². The topological polar surface area (TPSA) is 56.4 Å². The van der Waals surface area contributed by atoms with Gasteiger partial charge in [0, 0.05) is 36.3 Å². The maximum absolute atomic E-state index is 11.7. The number of likely N-dealkylation sites (tertiary alicyclic amines) is 1. The molecule has 5 heteroatoms. The van der Waals surface area contributed by atoms with Gasteiger partial charge in [0.1, 0.15) is 0 Å². The molecule has 2 heterocycles. The molecule has 2 aliphatic heterocycles. The molecular formula is C18H36N4O. The SMILES string of the molecule is CC(C)NC(=O)NC[C@@H]1CCN(C2CC(C)(C)NC(C)(C)C2)C1. The van der Waals surface area contributed by atoms with E-state index in [1.807, 2.05) is 13.8 Å². The summed E-state index contributed by atoms with van der Waals surface area (Å²) in [5.41, 5.74) is 0.389. The summed E-state index contributed by atoms with van der Waals surface area (Å²) in [6, 6.07) is 0.799. The molecule has 0 radical (unpaired) electrons. The van der Waals surface area contributed by atoms with Gasteiger partial charge in [0.2, 0.25) is 0 Å². The first kappa shape index (κ1) is 18.5. The number of rotatable bonds is 4. The Morgan fingerprint density at radius 3 is 2.39 bits per heavy atom. The fourth-order valence-corrected chi connectivity index (χ4v) is 4.44. The molecule has 0 saturated carbocycles. The number of hydrogen-bond donors (Lipinski definition) is 3. The van der Waals surface area contributed by atoms with Gasteiger partial charge in [-0.15, -0.1) is 0 Å². The highest BCUT2D eigenvalue weighted by Crippen LogP contribution is 2.33. The van der Waals surface area contributed by atoms with Crippen LogP contribution in [0.4, 0.5) is 4.79 Å². The fourth-order valence-electron chi connectivity index (χ4n) is 4.44. The Hall–Kier alpha value is -0.810. The van der Waals surface area contributed by atoms with Crippen molar-refractivity contribution in [3.8, 4) is 0 Å². The monoisotopic (exact) mass is 324 g/mol. The average Bonchev–Trinajstić information content (AvgIpc) is 2.80. The predicted molar refractivity (Wildman–Crippen MR) is 95.7 cm³/mol. The lowest BCUT2D eigenvalue weighted by molar-refractivity contribution is 0.0784. The molecule has 0 unspecified atom stereocenters. The molecule has 0 aromatic rings. The molecule has 23 heavy (non-hydrogen) atoms. The first-order valence-electron chi connectivity index (χ1n) is 9.14. The molecule has 134 valence electrons. The van der Waals surface area contributed by atoms with Crippen molar-refractivity contribution in [2.45, 2.75) is 84.0 Å². The highest BCUT2D eigenvalue weighted by molar-refractivity contribution is 5.74. The van der Waals surface area contributed by atoms with E-state index in [0.717, 1.165) is 19.6 Å². The number of amides is 2. The molecule has 0 bridgehead atoms. The molecule has 5 nitrogen and oxygen atoms in total. The van der Waals surface area contributed by atoms with Gasteiger partial charge in [-0.3, -0.25) is 4.90 Å². The summed E-state index contributed by atoms with van der Waals surface area (Å²) < 4.78 is 0. The van der Waals surface area contributed by atoms with E-state index in [2.05, 4.69) is 48.5 Å². The van der Waals surface area contributed by atoms with Crippen molar-refractivity contribution in [3.05, 3.63) is 0 Å². The highest BCUT2D eigenvalue weighted by atomic mass is 16.2. The van der Waals surface area contributed by atoms with E-state index in [4.69, 9.17) is 0 Å². The molecule has 3 N–H and O–H groups in total. The molecular weight excluding hydrogens is 288 g/mol. The third-order valence-electron chi connectivity index (χ3n) is 4.97. The number of piperidine rings is 1. The Bertz CT molecular complexity index is 403. The minimum Gasteiger partial charge on any atom is -0.338 e. The maximum Gasteiger partial charge on any atom is 0.314 e. The van der Waals surface area contributed by atoms with E-state index in [0.29, 0.717) is 12.0 Å². The number of carbonyl (C=O) groups excluding carboxylic acids is 1. The van der Waals surface area contributed by atoms with Gasteiger partial charge in [-0.25, -0.2) is 4.79 Å². The van der Waals surface area contributed by atoms with E-state index >= 15 is 0 Å². The number of nitrogens with zero attached hydrogens (tertiary/aromatic N) is 1. The number of nitrogens with one attached hydrogen (secondary N) is 3. The lowest BCUT2D eigenvalue weighted by Crippen LogP contribution is -2.62. The van der Waals surface area contributed by atoms with Crippen molar-refractivity contribution < 1.29 is 4.79 Å². The fraction of sp³-hybridized carbons (Fsp3) is 0.944. The second-order valence-electron chi connectivity index (χ2n) is 9.11. The molecule has 2 amide bonds. The average molecular weight is 325 g/mol. The van der Waals surface area contributed by atoms with E-state index < -0.39 is 0 Å². The van der Waals surface area contributed by atoms with Crippen molar-refractivity contribution >= 4 is 6.03 Å². The third-order valence-corrected chi connectivity index (χ3v) is 4.97. The molecule has 0 aromatic carbocycles. The van der Waals surface area contributed by atoms with Gasteiger partial charge in [-0.05, 0) is 73.3 Å². The predicted octanol–water partition coefficient (Wildman–Crippen LogP) is 2.33. The largest absolute Gasteiger partial charge is 0.338 e. The Kier molecular flexibility index (Phi) is 5.62. The summed E-state index contributed by atoms with van der Waals surface area (Å²) in [5.74, 6) is 0.578. The van der Waals surface area contributed by atoms with Crippen molar-refractivity contribution in [2.75, 3.05) is 19.6 Å². The van der Waals surface area contributed by atoms with Gasteiger partial charge in [0.25, 0.3) is 0 Å². The van der Waals surface area contributed by atoms with E-state index in [1.54, 1.807) is 0 Å². The lowest BCUT2D eigenvalue weighted by atomic mass is 9.79. The second-order valence-corrected chi connectivity index (χ2v) is 9.11. The Morgan fingerprint density at radius 2 is 1.83 bits per heavy atom. The third kappa shape index (κ3) is 5.64. The molecule has 0 aliphatic carbocycles. The van der Waals surface area contributed by atoms with Crippen molar-refractivity contribution in [3.63, 3.8) is 0 Å². The molecule has 2 rings (SSSR count). The van der Waals surface area contributed by atoms with Crippen LogP contribution < -0.4 is 16.0 Å². The minimum absolute atomic E-state index is 0.0393. The van der Waals surface area contributed by atoms with Crippen LogP contribution in [0.2, 0.25) is 0 Å². The zero-order valence-electron chi connectivity index (χ0n) is 15.8. The molecule has 1 atom stereocenters. The molecule has 0 aromatic heterocycles. The van der Waals surface area contributed by atoms with E-state index in [9.17, 15) is 4.79 Å². The smallest absolute Gasteiger partial charge is 0.314 e. The van der Waals surface area contributed by atoms with Gasteiger partial charge in [0.15, 0.2) is 0 Å². The first-order chi connectivity index (χ1) is 10.6. The highest BCUT2D eigenvalue weighted by Gasteiger charge is 2.41. The summed E-state index contributed by atoms with van der Waals surface area (Å²) >= 11 is 0. The Labute approximate surface area is 142 Å². The number of urea groups is 1. The maximum atomic E-state index is 11.7. The van der Waals surface area contributed by atoms with Gasteiger partial charge in [0.05, 0.1) is 0 Å². The molecule has 0 spiro atoms. The Balaban J connectivity index is 1.81. The van der Waals surface area contributed by atoms with E-state index in [-0.39, 0.29) is 23.2 Å².